The highest BCUT2D eigenvalue weighted by atomic mass is 16.5. The molecule has 0 fully saturated rings. The average molecular weight is 324 g/mol. The van der Waals surface area contributed by atoms with Gasteiger partial charge in [0, 0.05) is 5.56 Å². The second kappa shape index (κ2) is 7.70. The quantitative estimate of drug-likeness (QED) is 0.503. The maximum Gasteiger partial charge on any atom is 0.337 e. The predicted molar refractivity (Wildman–Crippen MR) is 92.4 cm³/mol. The number of Topliss-reactive ketones (excluding diaryl/α,β-unsaturated/α-hetero) is 1. The number of ketones is 1. The lowest BCUT2D eigenvalue weighted by atomic mass is 9.86. The van der Waals surface area contributed by atoms with Crippen LogP contribution < -0.4 is 0 Å². The van der Waals surface area contributed by atoms with Crippen molar-refractivity contribution in [3.05, 3.63) is 77.4 Å². The van der Waals surface area contributed by atoms with Crippen molar-refractivity contribution >= 4 is 17.8 Å². The molecule has 24 heavy (non-hydrogen) atoms. The Balaban J connectivity index is 2.47. The summed E-state index contributed by atoms with van der Waals surface area (Å²) in [6.07, 6.45) is 1.48. The fraction of sp³-hybridized carbons (Fsp3) is 0.200. The lowest BCUT2D eigenvalue weighted by molar-refractivity contribution is -0.140. The summed E-state index contributed by atoms with van der Waals surface area (Å²) in [7, 11) is 0. The van der Waals surface area contributed by atoms with Gasteiger partial charge in [-0.05, 0) is 25.5 Å². The maximum atomic E-state index is 12.7. The highest BCUT2D eigenvalue weighted by Crippen LogP contribution is 2.25. The van der Waals surface area contributed by atoms with E-state index in [9.17, 15) is 14.7 Å². The van der Waals surface area contributed by atoms with E-state index in [2.05, 4.69) is 0 Å². The van der Waals surface area contributed by atoms with Crippen molar-refractivity contribution in [3.8, 4) is 0 Å². The Morgan fingerprint density at radius 2 is 1.58 bits per heavy atom. The number of hydrogen-bond acceptors (Lipinski definition) is 4. The molecule has 4 nitrogen and oxygen atoms in total. The number of hydrogen-bond donors (Lipinski definition) is 1. The topological polar surface area (TPSA) is 63.6 Å². The van der Waals surface area contributed by atoms with Gasteiger partial charge in [0.25, 0.3) is 0 Å². The molecule has 0 bridgehead atoms. The van der Waals surface area contributed by atoms with Crippen LogP contribution in [0.1, 0.15) is 29.8 Å². The molecule has 1 unspecified atom stereocenters. The van der Waals surface area contributed by atoms with Crippen LogP contribution in [-0.2, 0) is 9.53 Å². The van der Waals surface area contributed by atoms with Crippen LogP contribution in [0, 0.1) is 0 Å². The van der Waals surface area contributed by atoms with E-state index >= 15 is 0 Å². The third-order valence-corrected chi connectivity index (χ3v) is 3.61. The largest absolute Gasteiger partial charge is 0.463 e. The van der Waals surface area contributed by atoms with E-state index in [0.717, 1.165) is 0 Å². The first-order valence-corrected chi connectivity index (χ1v) is 7.73. The summed E-state index contributed by atoms with van der Waals surface area (Å²) in [6.45, 7) is 3.14. The van der Waals surface area contributed by atoms with Gasteiger partial charge in [0.2, 0.25) is 0 Å². The van der Waals surface area contributed by atoms with Gasteiger partial charge in [0.05, 0.1) is 12.2 Å². The van der Waals surface area contributed by atoms with Crippen molar-refractivity contribution in [1.29, 1.82) is 0 Å². The second-order valence-corrected chi connectivity index (χ2v) is 5.46. The van der Waals surface area contributed by atoms with Crippen molar-refractivity contribution in [2.24, 2.45) is 0 Å². The minimum Gasteiger partial charge on any atom is -0.463 e. The zero-order valence-electron chi connectivity index (χ0n) is 13.7. The van der Waals surface area contributed by atoms with Gasteiger partial charge in [-0.25, -0.2) is 4.79 Å². The number of rotatable bonds is 6. The number of carbonyl (C=O) groups excluding carboxylic acids is 2. The normalized spacial score (nSPS) is 13.9. The van der Waals surface area contributed by atoms with E-state index in [1.54, 1.807) is 49.4 Å². The molecule has 0 heterocycles. The molecule has 0 spiro atoms. The van der Waals surface area contributed by atoms with Crippen molar-refractivity contribution in [3.63, 3.8) is 0 Å². The Hall–Kier alpha value is -2.72. The first kappa shape index (κ1) is 17.6. The molecule has 0 saturated carbocycles. The molecule has 2 rings (SSSR count). The standard InChI is InChI=1S/C20H20O4/c1-3-24-19(22)17(14-15-10-6-4-7-11-15)20(2,23)18(21)16-12-8-5-9-13-16/h4-14,23H,3H2,1-2H3/b17-14+. The van der Waals surface area contributed by atoms with Crippen LogP contribution in [0.25, 0.3) is 6.08 Å². The molecule has 0 radical (unpaired) electrons. The predicted octanol–water partition coefficient (Wildman–Crippen LogP) is 3.27. The first-order valence-electron chi connectivity index (χ1n) is 7.73. The highest BCUT2D eigenvalue weighted by Gasteiger charge is 2.39. The Morgan fingerprint density at radius 1 is 1.04 bits per heavy atom. The monoisotopic (exact) mass is 324 g/mol. The summed E-state index contributed by atoms with van der Waals surface area (Å²) in [5.74, 6) is -1.27. The molecular formula is C20H20O4. The molecule has 2 aromatic rings. The molecule has 1 atom stereocenters. The van der Waals surface area contributed by atoms with E-state index < -0.39 is 17.4 Å². The molecule has 0 aliphatic rings. The number of aliphatic hydroxyl groups is 1. The minimum atomic E-state index is -2.00. The first-order chi connectivity index (χ1) is 11.5. The Morgan fingerprint density at radius 3 is 2.12 bits per heavy atom. The van der Waals surface area contributed by atoms with Crippen LogP contribution in [0.3, 0.4) is 0 Å². The van der Waals surface area contributed by atoms with Crippen LogP contribution in [-0.4, -0.2) is 29.1 Å². The van der Waals surface area contributed by atoms with Gasteiger partial charge < -0.3 is 9.84 Å². The molecule has 1 N–H and O–H groups in total. The molecule has 124 valence electrons. The van der Waals surface area contributed by atoms with Gasteiger partial charge in [-0.3, -0.25) is 4.79 Å². The fourth-order valence-electron chi connectivity index (χ4n) is 2.32. The Kier molecular flexibility index (Phi) is 5.66. The van der Waals surface area contributed by atoms with E-state index in [-0.39, 0.29) is 12.2 Å². The van der Waals surface area contributed by atoms with Crippen LogP contribution >= 0.6 is 0 Å². The number of esters is 1. The number of ether oxygens (including phenoxy) is 1. The summed E-state index contributed by atoms with van der Waals surface area (Å²) in [5.41, 5.74) is -1.07. The summed E-state index contributed by atoms with van der Waals surface area (Å²) in [5, 5.41) is 10.8. The van der Waals surface area contributed by atoms with Gasteiger partial charge in [-0.15, -0.1) is 0 Å². The minimum absolute atomic E-state index is 0.0931. The average Bonchev–Trinajstić information content (AvgIpc) is 2.60. The van der Waals surface area contributed by atoms with E-state index in [0.29, 0.717) is 11.1 Å². The molecule has 0 saturated heterocycles. The molecule has 2 aromatic carbocycles. The molecule has 0 aliphatic heterocycles. The van der Waals surface area contributed by atoms with E-state index in [4.69, 9.17) is 4.74 Å². The Bertz CT molecular complexity index is 731. The molecule has 0 aliphatic carbocycles. The van der Waals surface area contributed by atoms with Crippen LogP contribution in [0.4, 0.5) is 0 Å². The number of carbonyl (C=O) groups is 2. The summed E-state index contributed by atoms with van der Waals surface area (Å²) in [4.78, 5) is 25.0. The third kappa shape index (κ3) is 3.97. The lowest BCUT2D eigenvalue weighted by Crippen LogP contribution is -2.40. The van der Waals surface area contributed by atoms with Crippen molar-refractivity contribution in [2.45, 2.75) is 19.4 Å². The van der Waals surface area contributed by atoms with Crippen LogP contribution in [0.5, 0.6) is 0 Å². The van der Waals surface area contributed by atoms with Crippen molar-refractivity contribution in [1.82, 2.24) is 0 Å². The van der Waals surface area contributed by atoms with Gasteiger partial charge >= 0.3 is 5.97 Å². The fourth-order valence-corrected chi connectivity index (χ4v) is 2.32. The van der Waals surface area contributed by atoms with Crippen LogP contribution in [0.15, 0.2) is 66.2 Å². The van der Waals surface area contributed by atoms with Crippen molar-refractivity contribution in [2.75, 3.05) is 6.61 Å². The van der Waals surface area contributed by atoms with Gasteiger partial charge in [0.1, 0.15) is 0 Å². The maximum absolute atomic E-state index is 12.7. The van der Waals surface area contributed by atoms with Gasteiger partial charge in [-0.1, -0.05) is 60.7 Å². The van der Waals surface area contributed by atoms with Crippen molar-refractivity contribution < 1.29 is 19.4 Å². The molecule has 0 amide bonds. The molecule has 0 aromatic heterocycles. The van der Waals surface area contributed by atoms with Gasteiger partial charge in [-0.2, -0.15) is 0 Å². The zero-order chi connectivity index (χ0) is 17.6. The van der Waals surface area contributed by atoms with E-state index in [1.165, 1.54) is 13.0 Å². The lowest BCUT2D eigenvalue weighted by Gasteiger charge is -2.24. The third-order valence-electron chi connectivity index (χ3n) is 3.61. The summed E-state index contributed by atoms with van der Waals surface area (Å²) >= 11 is 0. The Labute approximate surface area is 141 Å². The zero-order valence-corrected chi connectivity index (χ0v) is 13.7. The number of benzene rings is 2. The smallest absolute Gasteiger partial charge is 0.337 e. The van der Waals surface area contributed by atoms with E-state index in [1.807, 2.05) is 18.2 Å². The highest BCUT2D eigenvalue weighted by molar-refractivity contribution is 6.11. The summed E-state index contributed by atoms with van der Waals surface area (Å²) in [6, 6.07) is 17.4. The molecular weight excluding hydrogens is 304 g/mol. The molecule has 4 heteroatoms. The van der Waals surface area contributed by atoms with Gasteiger partial charge in [0.15, 0.2) is 11.4 Å². The van der Waals surface area contributed by atoms with Crippen LogP contribution in [0.2, 0.25) is 0 Å². The SMILES string of the molecule is CCOC(=O)/C(=C\c1ccccc1)C(C)(O)C(=O)c1ccccc1. The second-order valence-electron chi connectivity index (χ2n) is 5.46. The summed E-state index contributed by atoms with van der Waals surface area (Å²) < 4.78 is 5.03.